The first-order valence-electron chi connectivity index (χ1n) is 6.91. The fourth-order valence-electron chi connectivity index (χ4n) is 3.64. The fourth-order valence-corrected chi connectivity index (χ4v) is 4.20. The molecule has 1 aliphatic heterocycles. The Bertz CT molecular complexity index is 599. The normalized spacial score (nSPS) is 33.1. The smallest absolute Gasteiger partial charge is 0.229 e. The Balaban J connectivity index is 1.96. The molecule has 2 bridgehead atoms. The summed E-state index contributed by atoms with van der Waals surface area (Å²) in [6.45, 7) is 1.63. The molecule has 1 aromatic carbocycles. The molecule has 2 fully saturated rings. The molecule has 2 unspecified atom stereocenters. The maximum atomic E-state index is 11.3. The number of nitrogens with one attached hydrogen (secondary N) is 2. The van der Waals surface area contributed by atoms with Crippen molar-refractivity contribution in [2.45, 2.75) is 18.4 Å². The second-order valence-electron chi connectivity index (χ2n) is 5.91. The van der Waals surface area contributed by atoms with E-state index in [0.717, 1.165) is 37.8 Å². The highest BCUT2D eigenvalue weighted by Crippen LogP contribution is 2.49. The van der Waals surface area contributed by atoms with Gasteiger partial charge in [0.2, 0.25) is 10.0 Å². The second kappa shape index (κ2) is 4.72. The molecular weight excluding hydrogens is 276 g/mol. The van der Waals surface area contributed by atoms with Crippen LogP contribution in [0, 0.1) is 11.8 Å². The third kappa shape index (κ3) is 2.32. The van der Waals surface area contributed by atoms with Gasteiger partial charge in [0, 0.05) is 30.6 Å². The van der Waals surface area contributed by atoms with Crippen molar-refractivity contribution in [3.05, 3.63) is 29.8 Å². The molecule has 0 amide bonds. The first-order valence-corrected chi connectivity index (χ1v) is 8.80. The average molecular weight is 296 g/mol. The van der Waals surface area contributed by atoms with E-state index in [-0.39, 0.29) is 11.8 Å². The Morgan fingerprint density at radius 2 is 1.95 bits per heavy atom. The lowest BCUT2D eigenvalue weighted by Gasteiger charge is -2.40. The van der Waals surface area contributed by atoms with Crippen LogP contribution in [0.1, 0.15) is 18.4 Å². The Labute approximate surface area is 119 Å². The minimum absolute atomic E-state index is 0.203. The van der Waals surface area contributed by atoms with Gasteiger partial charge in [-0.25, -0.2) is 8.42 Å². The molecule has 1 aromatic rings. The summed E-state index contributed by atoms with van der Waals surface area (Å²) in [5, 5.41) is 14.5. The summed E-state index contributed by atoms with van der Waals surface area (Å²) in [5.41, 5.74) is 0.497. The van der Waals surface area contributed by atoms with Gasteiger partial charge in [-0.05, 0) is 30.5 Å². The van der Waals surface area contributed by atoms with Crippen LogP contribution >= 0.6 is 0 Å². The van der Waals surface area contributed by atoms with E-state index < -0.39 is 15.6 Å². The maximum Gasteiger partial charge on any atom is 0.229 e. The van der Waals surface area contributed by atoms with Gasteiger partial charge in [0.05, 0.1) is 11.9 Å². The Morgan fingerprint density at radius 3 is 2.55 bits per heavy atom. The van der Waals surface area contributed by atoms with Crippen molar-refractivity contribution in [3.8, 4) is 0 Å². The molecule has 2 atom stereocenters. The van der Waals surface area contributed by atoms with Crippen LogP contribution in [0.2, 0.25) is 0 Å². The number of fused-ring (bicyclic) bond motifs is 2. The van der Waals surface area contributed by atoms with Crippen LogP contribution in [0.4, 0.5) is 5.69 Å². The number of piperidine rings is 1. The van der Waals surface area contributed by atoms with E-state index in [4.69, 9.17) is 0 Å². The summed E-state index contributed by atoms with van der Waals surface area (Å²) in [7, 11) is -3.30. The topological polar surface area (TPSA) is 78.4 Å². The number of benzene rings is 1. The van der Waals surface area contributed by atoms with Crippen LogP contribution in [-0.4, -0.2) is 32.9 Å². The minimum atomic E-state index is -3.30. The molecule has 1 saturated carbocycles. The summed E-state index contributed by atoms with van der Waals surface area (Å²) in [5.74, 6) is 0.407. The van der Waals surface area contributed by atoms with Crippen molar-refractivity contribution < 1.29 is 13.5 Å². The lowest BCUT2D eigenvalue weighted by Crippen LogP contribution is -2.50. The molecule has 0 radical (unpaired) electrons. The van der Waals surface area contributed by atoms with E-state index in [2.05, 4.69) is 10.0 Å². The number of hydrogen-bond acceptors (Lipinski definition) is 4. The molecule has 20 heavy (non-hydrogen) atoms. The zero-order chi connectivity index (χ0) is 14.4. The molecule has 1 heterocycles. The summed E-state index contributed by atoms with van der Waals surface area (Å²) < 4.78 is 25.1. The number of rotatable bonds is 3. The third-order valence-corrected chi connectivity index (χ3v) is 5.12. The Hall–Kier alpha value is -1.11. The monoisotopic (exact) mass is 296 g/mol. The number of aliphatic hydroxyl groups is 1. The third-order valence-electron chi connectivity index (χ3n) is 4.52. The molecule has 110 valence electrons. The van der Waals surface area contributed by atoms with E-state index >= 15 is 0 Å². The van der Waals surface area contributed by atoms with E-state index in [1.54, 1.807) is 18.2 Å². The van der Waals surface area contributed by atoms with Crippen molar-refractivity contribution in [3.63, 3.8) is 0 Å². The molecule has 5 nitrogen and oxygen atoms in total. The molecule has 6 heteroatoms. The lowest BCUT2D eigenvalue weighted by atomic mass is 9.76. The van der Waals surface area contributed by atoms with Gasteiger partial charge in [-0.1, -0.05) is 12.1 Å². The fraction of sp³-hybridized carbons (Fsp3) is 0.571. The zero-order valence-corrected chi connectivity index (χ0v) is 12.3. The van der Waals surface area contributed by atoms with E-state index in [0.29, 0.717) is 5.69 Å². The summed E-state index contributed by atoms with van der Waals surface area (Å²) in [6, 6.07) is 7.15. The Kier molecular flexibility index (Phi) is 3.27. The largest absolute Gasteiger partial charge is 0.384 e. The first-order chi connectivity index (χ1) is 9.39. The Morgan fingerprint density at radius 1 is 1.30 bits per heavy atom. The van der Waals surface area contributed by atoms with Crippen LogP contribution < -0.4 is 10.0 Å². The molecular formula is C14H20N2O3S. The van der Waals surface area contributed by atoms with Crippen molar-refractivity contribution in [1.82, 2.24) is 5.32 Å². The predicted octanol–water partition coefficient (Wildman–Crippen LogP) is 0.875. The SMILES string of the molecule is CS(=O)(=O)Nc1cccc(C2(O)C3CCC2CNC3)c1. The van der Waals surface area contributed by atoms with Crippen molar-refractivity contribution in [1.29, 1.82) is 0 Å². The van der Waals surface area contributed by atoms with Crippen LogP contribution in [0.25, 0.3) is 0 Å². The van der Waals surface area contributed by atoms with Crippen LogP contribution in [0.5, 0.6) is 0 Å². The zero-order valence-electron chi connectivity index (χ0n) is 11.5. The van der Waals surface area contributed by atoms with Gasteiger partial charge in [-0.15, -0.1) is 0 Å². The lowest BCUT2D eigenvalue weighted by molar-refractivity contribution is -0.0575. The first kappa shape index (κ1) is 13.9. The molecule has 1 aliphatic carbocycles. The predicted molar refractivity (Wildman–Crippen MR) is 77.9 cm³/mol. The minimum Gasteiger partial charge on any atom is -0.384 e. The van der Waals surface area contributed by atoms with Crippen molar-refractivity contribution in [2.24, 2.45) is 11.8 Å². The highest BCUT2D eigenvalue weighted by molar-refractivity contribution is 7.92. The second-order valence-corrected chi connectivity index (χ2v) is 7.66. The van der Waals surface area contributed by atoms with Gasteiger partial charge < -0.3 is 10.4 Å². The van der Waals surface area contributed by atoms with Gasteiger partial charge in [0.1, 0.15) is 0 Å². The number of anilines is 1. The molecule has 1 saturated heterocycles. The molecule has 3 rings (SSSR count). The number of hydrogen-bond donors (Lipinski definition) is 3. The van der Waals surface area contributed by atoms with Crippen LogP contribution in [-0.2, 0) is 15.6 Å². The molecule has 2 aliphatic rings. The summed E-state index contributed by atoms with van der Waals surface area (Å²) in [4.78, 5) is 0. The van der Waals surface area contributed by atoms with Crippen molar-refractivity contribution in [2.75, 3.05) is 24.1 Å². The van der Waals surface area contributed by atoms with Gasteiger partial charge in [0.25, 0.3) is 0 Å². The van der Waals surface area contributed by atoms with E-state index in [9.17, 15) is 13.5 Å². The molecule has 3 N–H and O–H groups in total. The van der Waals surface area contributed by atoms with E-state index in [1.165, 1.54) is 0 Å². The average Bonchev–Trinajstić information content (AvgIpc) is 2.57. The van der Waals surface area contributed by atoms with Gasteiger partial charge >= 0.3 is 0 Å². The van der Waals surface area contributed by atoms with Crippen LogP contribution in [0.3, 0.4) is 0 Å². The molecule has 0 spiro atoms. The van der Waals surface area contributed by atoms with E-state index in [1.807, 2.05) is 6.07 Å². The summed E-state index contributed by atoms with van der Waals surface area (Å²) >= 11 is 0. The standard InChI is InChI=1S/C14H20N2O3S/c1-20(18,19)16-13-4-2-3-10(7-13)14(17)11-5-6-12(14)9-15-8-11/h2-4,7,11-12,15-17H,5-6,8-9H2,1H3. The molecule has 0 aromatic heterocycles. The van der Waals surface area contributed by atoms with Gasteiger partial charge in [-0.2, -0.15) is 0 Å². The van der Waals surface area contributed by atoms with Gasteiger partial charge in [0.15, 0.2) is 0 Å². The number of sulfonamides is 1. The highest BCUT2D eigenvalue weighted by atomic mass is 32.2. The van der Waals surface area contributed by atoms with Crippen molar-refractivity contribution >= 4 is 15.7 Å². The van der Waals surface area contributed by atoms with Crippen LogP contribution in [0.15, 0.2) is 24.3 Å². The maximum absolute atomic E-state index is 11.3. The quantitative estimate of drug-likeness (QED) is 0.773. The highest BCUT2D eigenvalue weighted by Gasteiger charge is 2.51. The summed E-state index contributed by atoms with van der Waals surface area (Å²) in [6.07, 6.45) is 3.15. The van der Waals surface area contributed by atoms with Gasteiger partial charge in [-0.3, -0.25) is 4.72 Å².